The number of benzene rings is 2. The zero-order chi connectivity index (χ0) is 18.9. The van der Waals surface area contributed by atoms with Gasteiger partial charge in [0.05, 0.1) is 16.9 Å². The third kappa shape index (κ3) is 2.35. The zero-order valence-corrected chi connectivity index (χ0v) is 15.4. The minimum Gasteiger partial charge on any atom is -0.341 e. The van der Waals surface area contributed by atoms with E-state index in [-0.39, 0.29) is 17.3 Å². The lowest BCUT2D eigenvalue weighted by molar-refractivity contribution is 0.0924. The van der Waals surface area contributed by atoms with Crippen molar-refractivity contribution in [3.8, 4) is 5.69 Å². The first-order valence-electron chi connectivity index (χ1n) is 9.90. The molecule has 5 heteroatoms. The van der Waals surface area contributed by atoms with Crippen LogP contribution in [0.3, 0.4) is 0 Å². The standard InChI is InChI=1S/C23H20FN3O/c24-16-6-8-17(9-7-16)27-21-18-12-14(18)13-19(21)20(26-27)22(28)25-23(10-11-23)15-4-2-1-3-5-15/h1-9,14,18H,10-13H2,(H,25,28)/t14-,18-/m1/s1. The first-order valence-corrected chi connectivity index (χ1v) is 9.90. The molecule has 3 aliphatic rings. The van der Waals surface area contributed by atoms with Gasteiger partial charge in [0.15, 0.2) is 5.69 Å². The number of carbonyl (C=O) groups is 1. The van der Waals surface area contributed by atoms with Gasteiger partial charge in [-0.2, -0.15) is 5.10 Å². The molecule has 6 rings (SSSR count). The summed E-state index contributed by atoms with van der Waals surface area (Å²) in [6.45, 7) is 0. The normalized spacial score (nSPS) is 23.0. The Morgan fingerprint density at radius 2 is 1.86 bits per heavy atom. The van der Waals surface area contributed by atoms with Crippen molar-refractivity contribution >= 4 is 5.91 Å². The fourth-order valence-electron chi connectivity index (χ4n) is 4.72. The number of hydrogen-bond acceptors (Lipinski definition) is 2. The van der Waals surface area contributed by atoms with Crippen LogP contribution in [0.5, 0.6) is 0 Å². The molecule has 3 aliphatic carbocycles. The molecule has 4 nitrogen and oxygen atoms in total. The van der Waals surface area contributed by atoms with E-state index in [0.717, 1.165) is 48.2 Å². The van der Waals surface area contributed by atoms with Crippen LogP contribution in [-0.2, 0) is 12.0 Å². The molecule has 2 saturated carbocycles. The van der Waals surface area contributed by atoms with Crippen LogP contribution in [0, 0.1) is 11.7 Å². The van der Waals surface area contributed by atoms with Crippen LogP contribution in [0.4, 0.5) is 4.39 Å². The summed E-state index contributed by atoms with van der Waals surface area (Å²) in [5.74, 6) is 0.751. The fraction of sp³-hybridized carbons (Fsp3) is 0.304. The molecule has 28 heavy (non-hydrogen) atoms. The van der Waals surface area contributed by atoms with Crippen molar-refractivity contribution in [1.82, 2.24) is 15.1 Å². The molecule has 1 heterocycles. The van der Waals surface area contributed by atoms with E-state index in [1.54, 1.807) is 12.1 Å². The average Bonchev–Trinajstić information content (AvgIpc) is 3.59. The molecule has 0 spiro atoms. The smallest absolute Gasteiger partial charge is 0.272 e. The molecule has 1 aromatic heterocycles. The van der Waals surface area contributed by atoms with Crippen LogP contribution >= 0.6 is 0 Å². The Labute approximate surface area is 162 Å². The Morgan fingerprint density at radius 1 is 1.11 bits per heavy atom. The van der Waals surface area contributed by atoms with Crippen LogP contribution in [-0.4, -0.2) is 15.7 Å². The predicted molar refractivity (Wildman–Crippen MR) is 103 cm³/mol. The Balaban J connectivity index is 1.37. The molecule has 0 radical (unpaired) electrons. The highest BCUT2D eigenvalue weighted by atomic mass is 19.1. The largest absolute Gasteiger partial charge is 0.341 e. The number of amides is 1. The average molecular weight is 373 g/mol. The third-order valence-corrected chi connectivity index (χ3v) is 6.48. The maximum atomic E-state index is 13.4. The summed E-state index contributed by atoms with van der Waals surface area (Å²) < 4.78 is 15.2. The second-order valence-corrected chi connectivity index (χ2v) is 8.31. The van der Waals surface area contributed by atoms with Crippen LogP contribution in [0.15, 0.2) is 54.6 Å². The molecule has 0 saturated heterocycles. The number of fused-ring (bicyclic) bond motifs is 3. The lowest BCUT2D eigenvalue weighted by Gasteiger charge is -2.17. The number of halogens is 1. The lowest BCUT2D eigenvalue weighted by Crippen LogP contribution is -2.35. The summed E-state index contributed by atoms with van der Waals surface area (Å²) in [7, 11) is 0. The Bertz CT molecular complexity index is 1080. The van der Waals surface area contributed by atoms with Gasteiger partial charge in [-0.25, -0.2) is 9.07 Å². The summed E-state index contributed by atoms with van der Waals surface area (Å²) >= 11 is 0. The van der Waals surface area contributed by atoms with Gasteiger partial charge in [-0.05, 0) is 61.4 Å². The van der Waals surface area contributed by atoms with Gasteiger partial charge < -0.3 is 5.32 Å². The second kappa shape index (κ2) is 5.53. The second-order valence-electron chi connectivity index (χ2n) is 8.31. The molecule has 140 valence electrons. The van der Waals surface area contributed by atoms with Gasteiger partial charge >= 0.3 is 0 Å². The van der Waals surface area contributed by atoms with Crippen molar-refractivity contribution in [3.05, 3.63) is 82.9 Å². The van der Waals surface area contributed by atoms with E-state index in [1.807, 2.05) is 22.9 Å². The fourth-order valence-corrected chi connectivity index (χ4v) is 4.72. The Hall–Kier alpha value is -2.95. The summed E-state index contributed by atoms with van der Waals surface area (Å²) in [6, 6.07) is 16.5. The van der Waals surface area contributed by atoms with Crippen molar-refractivity contribution in [1.29, 1.82) is 0 Å². The van der Waals surface area contributed by atoms with Crippen molar-refractivity contribution in [2.24, 2.45) is 5.92 Å². The third-order valence-electron chi connectivity index (χ3n) is 6.48. The number of aromatic nitrogens is 2. The molecule has 0 aliphatic heterocycles. The maximum absolute atomic E-state index is 13.4. The summed E-state index contributed by atoms with van der Waals surface area (Å²) in [5, 5.41) is 7.96. The van der Waals surface area contributed by atoms with E-state index in [4.69, 9.17) is 5.10 Å². The molecular formula is C23H20FN3O. The van der Waals surface area contributed by atoms with Crippen LogP contribution in [0.1, 0.15) is 52.5 Å². The minimum absolute atomic E-state index is 0.0974. The van der Waals surface area contributed by atoms with E-state index in [9.17, 15) is 9.18 Å². The van der Waals surface area contributed by atoms with Crippen LogP contribution < -0.4 is 5.32 Å². The van der Waals surface area contributed by atoms with E-state index in [1.165, 1.54) is 12.1 Å². The van der Waals surface area contributed by atoms with Gasteiger partial charge in [-0.3, -0.25) is 4.79 Å². The molecular weight excluding hydrogens is 353 g/mol. The van der Waals surface area contributed by atoms with Crippen molar-refractivity contribution in [2.45, 2.75) is 37.1 Å². The SMILES string of the molecule is O=C(NC1(c2ccccc2)CC1)c1nn(-c2ccc(F)cc2)c2c1C[C@H]1C[C@@H]21. The van der Waals surface area contributed by atoms with E-state index >= 15 is 0 Å². The number of rotatable bonds is 4. The molecule has 2 aromatic carbocycles. The zero-order valence-electron chi connectivity index (χ0n) is 15.4. The van der Waals surface area contributed by atoms with Gasteiger partial charge in [0.25, 0.3) is 5.91 Å². The molecule has 0 bridgehead atoms. The first-order chi connectivity index (χ1) is 13.6. The van der Waals surface area contributed by atoms with Gasteiger partial charge in [0.2, 0.25) is 0 Å². The van der Waals surface area contributed by atoms with Gasteiger partial charge in [0, 0.05) is 11.5 Å². The number of carbonyl (C=O) groups excluding carboxylic acids is 1. The summed E-state index contributed by atoms with van der Waals surface area (Å²) in [6.07, 6.45) is 3.99. The highest BCUT2D eigenvalue weighted by molar-refractivity contribution is 5.95. The highest BCUT2D eigenvalue weighted by Crippen LogP contribution is 2.57. The Kier molecular flexibility index (Phi) is 3.17. The van der Waals surface area contributed by atoms with Crippen molar-refractivity contribution < 1.29 is 9.18 Å². The van der Waals surface area contributed by atoms with E-state index in [0.29, 0.717) is 17.5 Å². The van der Waals surface area contributed by atoms with Crippen molar-refractivity contribution in [3.63, 3.8) is 0 Å². The monoisotopic (exact) mass is 373 g/mol. The highest BCUT2D eigenvalue weighted by Gasteiger charge is 2.51. The Morgan fingerprint density at radius 3 is 2.57 bits per heavy atom. The van der Waals surface area contributed by atoms with E-state index < -0.39 is 0 Å². The number of nitrogens with zero attached hydrogens (tertiary/aromatic N) is 2. The molecule has 0 unspecified atom stereocenters. The summed E-state index contributed by atoms with van der Waals surface area (Å²) in [4.78, 5) is 13.2. The van der Waals surface area contributed by atoms with Crippen LogP contribution in [0.2, 0.25) is 0 Å². The van der Waals surface area contributed by atoms with Gasteiger partial charge in [0.1, 0.15) is 5.82 Å². The van der Waals surface area contributed by atoms with Crippen LogP contribution in [0.25, 0.3) is 5.69 Å². The lowest BCUT2D eigenvalue weighted by atomic mass is 10.0. The summed E-state index contributed by atoms with van der Waals surface area (Å²) in [5.41, 5.74) is 4.47. The maximum Gasteiger partial charge on any atom is 0.272 e. The quantitative estimate of drug-likeness (QED) is 0.749. The molecule has 1 N–H and O–H groups in total. The molecule has 1 amide bonds. The number of nitrogens with one attached hydrogen (secondary N) is 1. The topological polar surface area (TPSA) is 46.9 Å². The van der Waals surface area contributed by atoms with E-state index in [2.05, 4.69) is 17.4 Å². The van der Waals surface area contributed by atoms with Crippen molar-refractivity contribution in [2.75, 3.05) is 0 Å². The van der Waals surface area contributed by atoms with Gasteiger partial charge in [-0.1, -0.05) is 30.3 Å². The van der Waals surface area contributed by atoms with Gasteiger partial charge in [-0.15, -0.1) is 0 Å². The molecule has 3 aromatic rings. The number of hydrogen-bond donors (Lipinski definition) is 1. The predicted octanol–water partition coefficient (Wildman–Crippen LogP) is 4.09. The molecule has 2 atom stereocenters. The molecule has 2 fully saturated rings. The minimum atomic E-state index is -0.270. The first kappa shape index (κ1) is 16.0.